The molecule has 0 spiro atoms. The summed E-state index contributed by atoms with van der Waals surface area (Å²) in [5, 5.41) is 4.13. The van der Waals surface area contributed by atoms with Crippen molar-refractivity contribution >= 4 is 0 Å². The van der Waals surface area contributed by atoms with E-state index in [9.17, 15) is 0 Å². The Hall–Kier alpha value is -0.940. The first kappa shape index (κ1) is 14.5. The third-order valence-corrected chi connectivity index (χ3v) is 4.02. The highest BCUT2D eigenvalue weighted by molar-refractivity contribution is 5.04. The van der Waals surface area contributed by atoms with Gasteiger partial charge in [0.2, 0.25) is 11.7 Å². The number of aromatic nitrogens is 2. The van der Waals surface area contributed by atoms with E-state index in [4.69, 9.17) is 15.0 Å². The van der Waals surface area contributed by atoms with Gasteiger partial charge < -0.3 is 15.0 Å². The van der Waals surface area contributed by atoms with Gasteiger partial charge in [-0.25, -0.2) is 0 Å². The van der Waals surface area contributed by atoms with Crippen LogP contribution < -0.4 is 5.73 Å². The maximum Gasteiger partial charge on any atom is 0.226 e. The van der Waals surface area contributed by atoms with E-state index in [1.165, 1.54) is 25.7 Å². The molecule has 1 aromatic rings. The van der Waals surface area contributed by atoms with Crippen molar-refractivity contribution in [2.75, 3.05) is 13.7 Å². The fourth-order valence-corrected chi connectivity index (χ4v) is 2.78. The van der Waals surface area contributed by atoms with Crippen LogP contribution in [0.3, 0.4) is 0 Å². The van der Waals surface area contributed by atoms with Crippen LogP contribution in [0.4, 0.5) is 0 Å². The van der Waals surface area contributed by atoms with E-state index in [1.54, 1.807) is 7.11 Å². The van der Waals surface area contributed by atoms with Crippen LogP contribution in [-0.2, 0) is 16.8 Å². The lowest BCUT2D eigenvalue weighted by Gasteiger charge is -2.22. The molecule has 0 radical (unpaired) electrons. The lowest BCUT2D eigenvalue weighted by molar-refractivity contribution is -0.0178. The summed E-state index contributed by atoms with van der Waals surface area (Å²) in [5.41, 5.74) is 5.18. The van der Waals surface area contributed by atoms with Gasteiger partial charge in [0, 0.05) is 13.5 Å². The van der Waals surface area contributed by atoms with Crippen molar-refractivity contribution in [2.45, 2.75) is 63.4 Å². The fourth-order valence-electron chi connectivity index (χ4n) is 2.78. The Labute approximate surface area is 114 Å². The number of hydrogen-bond acceptors (Lipinski definition) is 5. The van der Waals surface area contributed by atoms with Crippen molar-refractivity contribution in [3.63, 3.8) is 0 Å². The van der Waals surface area contributed by atoms with Gasteiger partial charge in [0.15, 0.2) is 0 Å². The number of hydrogen-bond donors (Lipinski definition) is 1. The molecule has 2 N–H and O–H groups in total. The van der Waals surface area contributed by atoms with E-state index in [0.717, 1.165) is 50.4 Å². The first-order valence-corrected chi connectivity index (χ1v) is 7.39. The monoisotopic (exact) mass is 267 g/mol. The van der Waals surface area contributed by atoms with Gasteiger partial charge in [-0.1, -0.05) is 18.0 Å². The highest BCUT2D eigenvalue weighted by Crippen LogP contribution is 2.40. The maximum absolute atomic E-state index is 5.66. The Kier molecular flexibility index (Phi) is 5.34. The summed E-state index contributed by atoms with van der Waals surface area (Å²) < 4.78 is 11.0. The second-order valence-corrected chi connectivity index (χ2v) is 5.37. The lowest BCUT2D eigenvalue weighted by atomic mass is 10.0. The average molecular weight is 267 g/mol. The smallest absolute Gasteiger partial charge is 0.226 e. The molecule has 0 aliphatic heterocycles. The second kappa shape index (κ2) is 7.01. The molecule has 1 aromatic heterocycles. The van der Waals surface area contributed by atoms with Crippen molar-refractivity contribution in [3.8, 4) is 0 Å². The van der Waals surface area contributed by atoms with Crippen LogP contribution in [0.5, 0.6) is 0 Å². The standard InChI is InChI=1S/C14H25N3O2/c1-18-14(9-5-6-10-14)13-16-12(19-17-13)8-4-2-3-7-11-15/h2-11,15H2,1H3. The molecule has 1 aliphatic rings. The number of nitrogens with zero attached hydrogens (tertiary/aromatic N) is 2. The van der Waals surface area contributed by atoms with Crippen molar-refractivity contribution in [1.82, 2.24) is 10.1 Å². The minimum absolute atomic E-state index is 0.290. The SMILES string of the molecule is COC1(c2noc(CCCCCCN)n2)CCCC1. The molecule has 0 amide bonds. The largest absolute Gasteiger partial charge is 0.370 e. The Balaban J connectivity index is 1.84. The number of unbranched alkanes of at least 4 members (excludes halogenated alkanes) is 3. The molecule has 0 unspecified atom stereocenters. The fraction of sp³-hybridized carbons (Fsp3) is 0.857. The first-order chi connectivity index (χ1) is 9.30. The van der Waals surface area contributed by atoms with Gasteiger partial charge in [-0.2, -0.15) is 4.98 Å². The van der Waals surface area contributed by atoms with E-state index in [0.29, 0.717) is 0 Å². The molecule has 5 nitrogen and oxygen atoms in total. The van der Waals surface area contributed by atoms with Crippen LogP contribution in [0.1, 0.15) is 63.1 Å². The second-order valence-electron chi connectivity index (χ2n) is 5.37. The molecule has 0 bridgehead atoms. The molecule has 1 heterocycles. The third-order valence-electron chi connectivity index (χ3n) is 4.02. The zero-order valence-electron chi connectivity index (χ0n) is 11.9. The van der Waals surface area contributed by atoms with Gasteiger partial charge in [0.05, 0.1) is 0 Å². The molecule has 5 heteroatoms. The predicted octanol–water partition coefficient (Wildman–Crippen LogP) is 2.55. The first-order valence-electron chi connectivity index (χ1n) is 7.39. The molecule has 2 rings (SSSR count). The average Bonchev–Trinajstić information content (AvgIpc) is 3.08. The van der Waals surface area contributed by atoms with Crippen LogP contribution in [0.25, 0.3) is 0 Å². The van der Waals surface area contributed by atoms with Gasteiger partial charge in [0.25, 0.3) is 0 Å². The predicted molar refractivity (Wildman–Crippen MR) is 72.7 cm³/mol. The van der Waals surface area contributed by atoms with E-state index in [1.807, 2.05) is 0 Å². The third kappa shape index (κ3) is 3.54. The zero-order valence-corrected chi connectivity index (χ0v) is 11.9. The summed E-state index contributed by atoms with van der Waals surface area (Å²) >= 11 is 0. The van der Waals surface area contributed by atoms with E-state index in [2.05, 4.69) is 10.1 Å². The Morgan fingerprint density at radius 2 is 1.95 bits per heavy atom. The summed E-state index contributed by atoms with van der Waals surface area (Å²) in [6.07, 6.45) is 9.75. The van der Waals surface area contributed by atoms with Crippen LogP contribution in [-0.4, -0.2) is 23.8 Å². The summed E-state index contributed by atoms with van der Waals surface area (Å²) in [7, 11) is 1.74. The van der Waals surface area contributed by atoms with Crippen LogP contribution in [0, 0.1) is 0 Å². The zero-order chi connectivity index (χ0) is 13.6. The molecule has 19 heavy (non-hydrogen) atoms. The van der Waals surface area contributed by atoms with E-state index < -0.39 is 0 Å². The summed E-state index contributed by atoms with van der Waals surface area (Å²) in [6.45, 7) is 0.779. The van der Waals surface area contributed by atoms with Gasteiger partial charge in [-0.05, 0) is 45.1 Å². The Morgan fingerprint density at radius 1 is 1.21 bits per heavy atom. The maximum atomic E-state index is 5.66. The number of methoxy groups -OCH3 is 1. The van der Waals surface area contributed by atoms with Crippen molar-refractivity contribution in [1.29, 1.82) is 0 Å². The molecular weight excluding hydrogens is 242 g/mol. The molecule has 0 aromatic carbocycles. The van der Waals surface area contributed by atoms with Crippen molar-refractivity contribution in [2.24, 2.45) is 5.73 Å². The summed E-state index contributed by atoms with van der Waals surface area (Å²) in [4.78, 5) is 4.53. The number of aryl methyl sites for hydroxylation is 1. The molecule has 108 valence electrons. The van der Waals surface area contributed by atoms with Crippen LogP contribution >= 0.6 is 0 Å². The van der Waals surface area contributed by atoms with Crippen LogP contribution in [0.2, 0.25) is 0 Å². The topological polar surface area (TPSA) is 74.2 Å². The van der Waals surface area contributed by atoms with Crippen LogP contribution in [0.15, 0.2) is 4.52 Å². The highest BCUT2D eigenvalue weighted by Gasteiger charge is 2.40. The van der Waals surface area contributed by atoms with Crippen molar-refractivity contribution in [3.05, 3.63) is 11.7 Å². The number of nitrogens with two attached hydrogens (primary N) is 1. The molecule has 1 fully saturated rings. The van der Waals surface area contributed by atoms with Gasteiger partial charge in [-0.15, -0.1) is 0 Å². The minimum Gasteiger partial charge on any atom is -0.370 e. The highest BCUT2D eigenvalue weighted by atomic mass is 16.5. The summed E-state index contributed by atoms with van der Waals surface area (Å²) in [6, 6.07) is 0. The Bertz CT molecular complexity index is 373. The lowest BCUT2D eigenvalue weighted by Crippen LogP contribution is -2.26. The molecule has 1 aliphatic carbocycles. The molecule has 1 saturated carbocycles. The quantitative estimate of drug-likeness (QED) is 0.733. The van der Waals surface area contributed by atoms with Gasteiger partial charge >= 0.3 is 0 Å². The van der Waals surface area contributed by atoms with Gasteiger partial charge in [-0.3, -0.25) is 0 Å². The van der Waals surface area contributed by atoms with Crippen molar-refractivity contribution < 1.29 is 9.26 Å². The molecular formula is C14H25N3O2. The Morgan fingerprint density at radius 3 is 2.63 bits per heavy atom. The number of ether oxygens (including phenoxy) is 1. The molecule has 0 saturated heterocycles. The number of rotatable bonds is 8. The van der Waals surface area contributed by atoms with E-state index >= 15 is 0 Å². The molecule has 0 atom stereocenters. The normalized spacial score (nSPS) is 18.0. The minimum atomic E-state index is -0.290. The summed E-state index contributed by atoms with van der Waals surface area (Å²) in [5.74, 6) is 1.48. The van der Waals surface area contributed by atoms with E-state index in [-0.39, 0.29) is 5.60 Å². The van der Waals surface area contributed by atoms with Gasteiger partial charge in [0.1, 0.15) is 5.60 Å².